The van der Waals surface area contributed by atoms with Crippen molar-refractivity contribution in [1.29, 1.82) is 0 Å². The molecule has 1 atom stereocenters. The third-order valence-electron chi connectivity index (χ3n) is 12.6. The molecule has 0 aromatic rings. The number of allylic oxidation sites excluding steroid dienone is 14. The van der Waals surface area contributed by atoms with Crippen LogP contribution in [-0.4, -0.2) is 37.2 Å². The van der Waals surface area contributed by atoms with Gasteiger partial charge < -0.3 is 14.2 Å². The van der Waals surface area contributed by atoms with E-state index in [1.54, 1.807) is 0 Å². The SMILES string of the molecule is CC/C=C\C/C=C\C/C=C\C/C=C\CCCCCC(=O)OCC(COC(=O)CCCCCCCCCCCC/C=C\C=C/CCCCC)OC(=O)CCCCCCCCC/C=C\CCCCCCCC. The number of unbranched alkanes of at least 4 members (excludes halogenated alkanes) is 29. The molecule has 0 fully saturated rings. The van der Waals surface area contributed by atoms with Crippen molar-refractivity contribution >= 4 is 17.9 Å². The summed E-state index contributed by atoms with van der Waals surface area (Å²) >= 11 is 0. The molecule has 0 aromatic heterocycles. The lowest BCUT2D eigenvalue weighted by atomic mass is 10.1. The number of carbonyl (C=O) groups is 3. The van der Waals surface area contributed by atoms with Crippen molar-refractivity contribution in [1.82, 2.24) is 0 Å². The highest BCUT2D eigenvalue weighted by molar-refractivity contribution is 5.71. The predicted molar refractivity (Wildman–Crippen MR) is 302 cm³/mol. The summed E-state index contributed by atoms with van der Waals surface area (Å²) in [4.78, 5) is 38.2. The molecular formula is C64H110O6. The smallest absolute Gasteiger partial charge is 0.306 e. The number of rotatable bonds is 53. The van der Waals surface area contributed by atoms with Crippen molar-refractivity contribution in [2.45, 2.75) is 290 Å². The van der Waals surface area contributed by atoms with Crippen molar-refractivity contribution < 1.29 is 28.6 Å². The summed E-state index contributed by atoms with van der Waals surface area (Å²) in [5.41, 5.74) is 0. The zero-order valence-electron chi connectivity index (χ0n) is 46.0. The molecule has 0 radical (unpaired) electrons. The van der Waals surface area contributed by atoms with E-state index in [9.17, 15) is 14.4 Å². The van der Waals surface area contributed by atoms with Crippen molar-refractivity contribution in [2.75, 3.05) is 13.2 Å². The molecular weight excluding hydrogens is 865 g/mol. The first-order chi connectivity index (χ1) is 34.5. The first-order valence-corrected chi connectivity index (χ1v) is 29.6. The summed E-state index contributed by atoms with van der Waals surface area (Å²) in [5.74, 6) is -0.922. The van der Waals surface area contributed by atoms with Gasteiger partial charge in [0.25, 0.3) is 0 Å². The molecule has 0 spiro atoms. The van der Waals surface area contributed by atoms with Gasteiger partial charge in [0.05, 0.1) is 0 Å². The molecule has 0 aliphatic carbocycles. The minimum Gasteiger partial charge on any atom is -0.462 e. The molecule has 0 saturated heterocycles. The van der Waals surface area contributed by atoms with Gasteiger partial charge in [0, 0.05) is 19.3 Å². The number of ether oxygens (including phenoxy) is 3. The van der Waals surface area contributed by atoms with Crippen LogP contribution in [0.25, 0.3) is 0 Å². The Kier molecular flexibility index (Phi) is 55.3. The maximum absolute atomic E-state index is 12.9. The molecule has 0 rings (SSSR count). The second-order valence-electron chi connectivity index (χ2n) is 19.5. The molecule has 0 heterocycles. The fourth-order valence-electron chi connectivity index (χ4n) is 8.18. The van der Waals surface area contributed by atoms with Crippen molar-refractivity contribution in [3.63, 3.8) is 0 Å². The predicted octanol–water partition coefficient (Wildman–Crippen LogP) is 19.9. The summed E-state index contributed by atoms with van der Waals surface area (Å²) in [5, 5.41) is 0. The quantitative estimate of drug-likeness (QED) is 0.0199. The topological polar surface area (TPSA) is 78.9 Å². The van der Waals surface area contributed by atoms with Crippen LogP contribution in [0, 0.1) is 0 Å². The highest BCUT2D eigenvalue weighted by Gasteiger charge is 2.19. The fraction of sp³-hybridized carbons (Fsp3) is 0.734. The molecule has 0 bridgehead atoms. The van der Waals surface area contributed by atoms with Crippen LogP contribution in [0.4, 0.5) is 0 Å². The molecule has 0 aromatic carbocycles. The Morgan fingerprint density at radius 1 is 0.314 bits per heavy atom. The Hall–Kier alpha value is -3.41. The normalized spacial score (nSPS) is 12.7. The van der Waals surface area contributed by atoms with E-state index in [4.69, 9.17) is 14.2 Å². The molecule has 6 heteroatoms. The fourth-order valence-corrected chi connectivity index (χ4v) is 8.18. The Morgan fingerprint density at radius 2 is 0.600 bits per heavy atom. The van der Waals surface area contributed by atoms with E-state index in [2.05, 4.69) is 106 Å². The summed E-state index contributed by atoms with van der Waals surface area (Å²) in [6.45, 7) is 6.48. The summed E-state index contributed by atoms with van der Waals surface area (Å²) < 4.78 is 16.9. The Balaban J connectivity index is 4.43. The van der Waals surface area contributed by atoms with Crippen LogP contribution >= 0.6 is 0 Å². The van der Waals surface area contributed by atoms with Crippen LogP contribution in [0.5, 0.6) is 0 Å². The molecule has 1 unspecified atom stereocenters. The Morgan fingerprint density at radius 3 is 1.01 bits per heavy atom. The molecule has 0 aliphatic heterocycles. The Labute approximate surface area is 433 Å². The molecule has 0 N–H and O–H groups in total. The van der Waals surface area contributed by atoms with E-state index in [0.717, 1.165) is 89.9 Å². The van der Waals surface area contributed by atoms with Crippen LogP contribution in [-0.2, 0) is 28.6 Å². The lowest BCUT2D eigenvalue weighted by Crippen LogP contribution is -2.30. The second-order valence-corrected chi connectivity index (χ2v) is 19.5. The van der Waals surface area contributed by atoms with Gasteiger partial charge in [0.2, 0.25) is 0 Å². The van der Waals surface area contributed by atoms with E-state index in [1.807, 2.05) is 0 Å². The van der Waals surface area contributed by atoms with E-state index in [1.165, 1.54) is 154 Å². The lowest BCUT2D eigenvalue weighted by Gasteiger charge is -2.18. The molecule has 0 aliphatic rings. The highest BCUT2D eigenvalue weighted by Crippen LogP contribution is 2.15. The third kappa shape index (κ3) is 55.5. The molecule has 0 amide bonds. The molecule has 70 heavy (non-hydrogen) atoms. The minimum atomic E-state index is -0.794. The molecule has 6 nitrogen and oxygen atoms in total. The average molecular weight is 976 g/mol. The van der Waals surface area contributed by atoms with Crippen LogP contribution in [0.3, 0.4) is 0 Å². The van der Waals surface area contributed by atoms with E-state index < -0.39 is 6.10 Å². The number of hydrogen-bond acceptors (Lipinski definition) is 6. The number of carbonyl (C=O) groups excluding carboxylic acids is 3. The zero-order chi connectivity index (χ0) is 50.7. The van der Waals surface area contributed by atoms with Crippen LogP contribution in [0.15, 0.2) is 85.1 Å². The average Bonchev–Trinajstić information content (AvgIpc) is 3.36. The number of esters is 3. The van der Waals surface area contributed by atoms with Crippen LogP contribution in [0.2, 0.25) is 0 Å². The monoisotopic (exact) mass is 975 g/mol. The van der Waals surface area contributed by atoms with Gasteiger partial charge in [-0.3, -0.25) is 14.4 Å². The Bertz CT molecular complexity index is 1350. The summed E-state index contributed by atoms with van der Waals surface area (Å²) in [7, 11) is 0. The third-order valence-corrected chi connectivity index (χ3v) is 12.6. The lowest BCUT2D eigenvalue weighted by molar-refractivity contribution is -0.167. The van der Waals surface area contributed by atoms with Crippen molar-refractivity contribution in [3.8, 4) is 0 Å². The van der Waals surface area contributed by atoms with Gasteiger partial charge in [-0.25, -0.2) is 0 Å². The van der Waals surface area contributed by atoms with Gasteiger partial charge in [-0.15, -0.1) is 0 Å². The largest absolute Gasteiger partial charge is 0.462 e. The van der Waals surface area contributed by atoms with E-state index in [0.29, 0.717) is 19.3 Å². The van der Waals surface area contributed by atoms with Gasteiger partial charge in [0.15, 0.2) is 6.10 Å². The van der Waals surface area contributed by atoms with E-state index >= 15 is 0 Å². The maximum Gasteiger partial charge on any atom is 0.306 e. The highest BCUT2D eigenvalue weighted by atomic mass is 16.6. The molecule has 0 saturated carbocycles. The summed E-state index contributed by atoms with van der Waals surface area (Å²) in [6.07, 6.45) is 75.7. The second kappa shape index (κ2) is 58.2. The number of hydrogen-bond donors (Lipinski definition) is 0. The van der Waals surface area contributed by atoms with Gasteiger partial charge >= 0.3 is 17.9 Å². The standard InChI is InChI=1S/C64H110O6/c1-4-7-10-13-16-19-22-25-28-31-32-34-36-39-42-45-48-51-54-57-63(66)69-60-61(59-68-62(65)56-53-50-47-44-41-38-35-30-27-24-21-18-15-12-9-6-3)70-64(67)58-55-52-49-46-43-40-37-33-29-26-23-20-17-14-11-8-5-2/h9,12,16,18-19,21-22,25-27,29-30,38,41,61H,4-8,10-11,13-15,17,20,23-24,28,31-37,39-40,42-60H2,1-3H3/b12-9-,19-16-,21-18-,25-22-,29-26-,30-27-,41-38-. The zero-order valence-corrected chi connectivity index (χ0v) is 46.0. The maximum atomic E-state index is 12.9. The first kappa shape index (κ1) is 66.6. The van der Waals surface area contributed by atoms with E-state index in [-0.39, 0.29) is 31.1 Å². The van der Waals surface area contributed by atoms with Gasteiger partial charge in [0.1, 0.15) is 13.2 Å². The summed E-state index contributed by atoms with van der Waals surface area (Å²) in [6, 6.07) is 0. The van der Waals surface area contributed by atoms with Gasteiger partial charge in [-0.2, -0.15) is 0 Å². The first-order valence-electron chi connectivity index (χ1n) is 29.6. The van der Waals surface area contributed by atoms with Gasteiger partial charge in [-0.05, 0) is 109 Å². The van der Waals surface area contributed by atoms with Crippen molar-refractivity contribution in [3.05, 3.63) is 85.1 Å². The van der Waals surface area contributed by atoms with Gasteiger partial charge in [-0.1, -0.05) is 241 Å². The molecule has 402 valence electrons. The minimum absolute atomic E-state index is 0.0899. The van der Waals surface area contributed by atoms with Crippen molar-refractivity contribution in [2.24, 2.45) is 0 Å². The van der Waals surface area contributed by atoms with Crippen LogP contribution in [0.1, 0.15) is 284 Å². The van der Waals surface area contributed by atoms with Crippen LogP contribution < -0.4 is 0 Å².